The lowest BCUT2D eigenvalue weighted by atomic mass is 9.79. The van der Waals surface area contributed by atoms with Gasteiger partial charge >= 0.3 is 0 Å². The maximum Gasteiger partial charge on any atom is 0.261 e. The predicted molar refractivity (Wildman–Crippen MR) is 275 cm³/mol. The van der Waals surface area contributed by atoms with E-state index in [1.165, 1.54) is 115 Å². The van der Waals surface area contributed by atoms with Crippen molar-refractivity contribution in [3.05, 3.63) is 103 Å². The summed E-state index contributed by atoms with van der Waals surface area (Å²) in [4.78, 5) is 7.88. The fraction of sp³-hybridized carbons (Fsp3) is 0.490. The summed E-state index contributed by atoms with van der Waals surface area (Å²) in [6.45, 7) is 13.5. The van der Waals surface area contributed by atoms with Gasteiger partial charge in [0, 0.05) is 61.9 Å². The molecule has 5 fully saturated rings. The summed E-state index contributed by atoms with van der Waals surface area (Å²) in [5.74, 6) is 5.32. The number of hydrogen-bond acceptors (Lipinski definition) is 11. The normalized spacial score (nSPS) is 23.3. The van der Waals surface area contributed by atoms with Crippen molar-refractivity contribution in [3.63, 3.8) is 0 Å². The van der Waals surface area contributed by atoms with Gasteiger partial charge in [0.05, 0.1) is 59.8 Å². The number of sulfonamides is 1. The van der Waals surface area contributed by atoms with Crippen LogP contribution in [-0.4, -0.2) is 124 Å². The average Bonchev–Trinajstić information content (AvgIpc) is 4.08. The summed E-state index contributed by atoms with van der Waals surface area (Å²) in [7, 11) is -7.24. The Hall–Kier alpha value is -4.00. The van der Waals surface area contributed by atoms with E-state index >= 15 is 0 Å². The monoisotopic (exact) mass is 984 g/mol. The molecule has 2 aromatic heterocycles. The Morgan fingerprint density at radius 2 is 1.13 bits per heavy atom. The molecule has 6 aromatic rings. The maximum absolute atomic E-state index is 13.3. The second-order valence-corrected chi connectivity index (χ2v) is 24.4. The highest BCUT2D eigenvalue weighted by molar-refractivity contribution is 7.89. The van der Waals surface area contributed by atoms with Crippen LogP contribution in [0, 0.1) is 23.7 Å². The smallest absolute Gasteiger partial charge is 0.261 e. The third kappa shape index (κ3) is 12.1. The Kier molecular flexibility index (Phi) is 15.3. The highest BCUT2D eigenvalue weighted by atomic mass is 32.2. The van der Waals surface area contributed by atoms with Crippen LogP contribution in [0.4, 0.5) is 11.6 Å². The molecule has 12 nitrogen and oxygen atoms in total. The maximum atomic E-state index is 13.3. The van der Waals surface area contributed by atoms with Gasteiger partial charge < -0.3 is 14.3 Å². The van der Waals surface area contributed by atoms with Gasteiger partial charge in [-0.2, -0.15) is 17.2 Å². The lowest BCUT2D eigenvalue weighted by molar-refractivity contribution is -0.919. The van der Waals surface area contributed by atoms with Crippen molar-refractivity contribution in [2.75, 3.05) is 94.6 Å². The van der Waals surface area contributed by atoms with Gasteiger partial charge in [-0.3, -0.25) is 9.45 Å². The van der Waals surface area contributed by atoms with E-state index in [-0.39, 0.29) is 0 Å². The molecule has 2 saturated carbocycles. The van der Waals surface area contributed by atoms with Gasteiger partial charge in [0.15, 0.2) is 5.82 Å². The van der Waals surface area contributed by atoms with Gasteiger partial charge in [0.2, 0.25) is 10.0 Å². The second kappa shape index (κ2) is 21.3. The average molecular weight is 985 g/mol. The van der Waals surface area contributed by atoms with Crippen molar-refractivity contribution < 1.29 is 25.9 Å². The molecule has 4 aromatic carbocycles. The van der Waals surface area contributed by atoms with Crippen LogP contribution in [0.5, 0.6) is 0 Å². The molecule has 358 valence electrons. The zero-order chi connectivity index (χ0) is 46.4. The van der Waals surface area contributed by atoms with Crippen molar-refractivity contribution >= 4 is 75.0 Å². The number of nitrogens with zero attached hydrogens (tertiary/aromatic N) is 6. The van der Waals surface area contributed by atoms with E-state index in [9.17, 15) is 16.8 Å². The fourth-order valence-electron chi connectivity index (χ4n) is 11.5. The van der Waals surface area contributed by atoms with E-state index in [0.717, 1.165) is 67.9 Å². The van der Waals surface area contributed by atoms with Gasteiger partial charge in [-0.25, -0.2) is 13.1 Å². The minimum Gasteiger partial charge on any atom is -0.353 e. The summed E-state index contributed by atoms with van der Waals surface area (Å²) in [5.41, 5.74) is 1.93. The van der Waals surface area contributed by atoms with Gasteiger partial charge in [-0.05, 0) is 108 Å². The Morgan fingerprint density at radius 1 is 0.627 bits per heavy atom. The number of anilines is 2. The molecule has 11 rings (SSSR count). The van der Waals surface area contributed by atoms with E-state index in [4.69, 9.17) is 13.3 Å². The highest BCUT2D eigenvalue weighted by Crippen LogP contribution is 2.41. The summed E-state index contributed by atoms with van der Waals surface area (Å²) < 4.78 is 68.9. The van der Waals surface area contributed by atoms with E-state index in [2.05, 4.69) is 68.0 Å². The SMILES string of the molecule is CS(=O)(=O)O.O=S(=O)(NC[C@@H]1CCCC[C@H]1CN1CCN(c2nsc3ccccc23)CC1)c1cccc(-c2ccccc2)c1.c1ccc2c(N3CC[N+]4(CC3)C[C@@H]3CCCC[C@H]3C4)nsc2c1. The van der Waals surface area contributed by atoms with Gasteiger partial charge in [0.1, 0.15) is 5.82 Å². The van der Waals surface area contributed by atoms with E-state index in [1.54, 1.807) is 35.2 Å². The summed E-state index contributed by atoms with van der Waals surface area (Å²) >= 11 is 3.23. The minimum atomic E-state index is -3.67. The number of fused-ring (bicyclic) bond motifs is 3. The first-order valence-electron chi connectivity index (χ1n) is 24.2. The Balaban J connectivity index is 0.000000169. The van der Waals surface area contributed by atoms with Crippen LogP contribution in [0.3, 0.4) is 0 Å². The molecule has 3 aliphatic heterocycles. The number of rotatable bonds is 9. The van der Waals surface area contributed by atoms with E-state index in [0.29, 0.717) is 29.5 Å². The highest BCUT2D eigenvalue weighted by Gasteiger charge is 2.47. The molecule has 4 atom stereocenters. The van der Waals surface area contributed by atoms with Crippen LogP contribution < -0.4 is 14.5 Å². The summed E-state index contributed by atoms with van der Waals surface area (Å²) in [5, 5.41) is 2.60. The number of piperazine rings is 2. The molecule has 1 spiro atoms. The number of benzene rings is 4. The zero-order valence-corrected chi connectivity index (χ0v) is 41.9. The number of nitrogens with one attached hydrogen (secondary N) is 1. The Morgan fingerprint density at radius 3 is 1.73 bits per heavy atom. The van der Waals surface area contributed by atoms with Crippen molar-refractivity contribution in [1.29, 1.82) is 0 Å². The molecule has 2 aliphatic carbocycles. The first-order valence-corrected chi connectivity index (χ1v) is 29.1. The lowest BCUT2D eigenvalue weighted by Crippen LogP contribution is -2.58. The molecular formula is C51H66N7O5S4+. The van der Waals surface area contributed by atoms with Crippen LogP contribution in [0.15, 0.2) is 108 Å². The third-order valence-corrected chi connectivity index (χ3v) is 18.1. The topological polar surface area (TPSA) is 136 Å². The predicted octanol–water partition coefficient (Wildman–Crippen LogP) is 9.13. The summed E-state index contributed by atoms with van der Waals surface area (Å²) in [6, 6.07) is 34.3. The third-order valence-electron chi connectivity index (χ3n) is 15.0. The Bertz CT molecular complexity index is 2760. The Labute approximate surface area is 405 Å². The lowest BCUT2D eigenvalue weighted by Gasteiger charge is -2.42. The second-order valence-electron chi connectivity index (χ2n) is 19.5. The van der Waals surface area contributed by atoms with Gasteiger partial charge in [0.25, 0.3) is 10.1 Å². The molecule has 0 amide bonds. The van der Waals surface area contributed by atoms with Crippen LogP contribution >= 0.6 is 23.1 Å². The van der Waals surface area contributed by atoms with Gasteiger partial charge in [-0.1, -0.05) is 92.4 Å². The molecule has 0 radical (unpaired) electrons. The fourth-order valence-corrected chi connectivity index (χ4v) is 14.3. The minimum absolute atomic E-state index is 0.335. The van der Waals surface area contributed by atoms with Crippen LogP contribution in [-0.2, 0) is 20.1 Å². The standard InChI is InChI=1S/C31H36N4O2S2.C19H26N3S.CH4O3S/c36-39(37,28-14-8-13-25(21-28)24-9-2-1-3-10-24)32-22-26-11-4-5-12-27(26)23-34-17-19-35(20-18-34)31-29-15-6-7-16-30(29)38-33-31;1-2-6-16-14-22(13-15(16)5-1)11-9-21(10-12-22)19-17-7-3-4-8-18(17)23-20-19;1-5(2,3)4/h1-3,6-10,13-16,21,26-27,32H,4-5,11-12,17-20,22-23H2;3-4,7-8,15-16H,1-2,5-6,9-14H2;1H3,(H,2,3,4)/q;+1;/t26-,27-;15-,16-;/m00./s1. The van der Waals surface area contributed by atoms with Crippen LogP contribution in [0.1, 0.15) is 51.4 Å². The molecule has 5 aliphatic rings. The zero-order valence-electron chi connectivity index (χ0n) is 38.7. The molecule has 3 saturated heterocycles. The number of quaternary nitrogens is 1. The molecule has 5 heterocycles. The van der Waals surface area contributed by atoms with Gasteiger partial charge in [-0.15, -0.1) is 0 Å². The molecule has 0 unspecified atom stereocenters. The largest absolute Gasteiger partial charge is 0.353 e. The van der Waals surface area contributed by atoms with Crippen molar-refractivity contribution in [1.82, 2.24) is 18.4 Å². The van der Waals surface area contributed by atoms with Crippen molar-refractivity contribution in [2.45, 2.75) is 56.3 Å². The van der Waals surface area contributed by atoms with Crippen molar-refractivity contribution in [2.24, 2.45) is 23.7 Å². The first-order chi connectivity index (χ1) is 32.4. The number of hydrogen-bond donors (Lipinski definition) is 2. The quantitative estimate of drug-likeness (QED) is 0.107. The molecule has 67 heavy (non-hydrogen) atoms. The van der Waals surface area contributed by atoms with Crippen molar-refractivity contribution in [3.8, 4) is 11.1 Å². The molecule has 2 N–H and O–H groups in total. The van der Waals surface area contributed by atoms with E-state index < -0.39 is 20.1 Å². The van der Waals surface area contributed by atoms with Crippen LogP contribution in [0.25, 0.3) is 31.3 Å². The first kappa shape index (κ1) is 48.0. The van der Waals surface area contributed by atoms with E-state index in [1.807, 2.05) is 42.5 Å². The molecule has 16 heteroatoms. The summed E-state index contributed by atoms with van der Waals surface area (Å²) in [6.07, 6.45) is 11.4. The number of aromatic nitrogens is 2. The van der Waals surface area contributed by atoms with Crippen LogP contribution in [0.2, 0.25) is 0 Å². The molecule has 0 bridgehead atoms. The molecular weight excluding hydrogens is 919 g/mol.